The smallest absolute Gasteiger partial charge is 0.191 e. The van der Waals surface area contributed by atoms with Crippen molar-refractivity contribution in [3.8, 4) is 0 Å². The molecule has 0 aromatic rings. The molecule has 0 aromatic heterocycles. The third-order valence-electron chi connectivity index (χ3n) is 4.67. The van der Waals surface area contributed by atoms with Gasteiger partial charge in [-0.05, 0) is 64.0 Å². The van der Waals surface area contributed by atoms with Gasteiger partial charge in [0.25, 0.3) is 0 Å². The lowest BCUT2D eigenvalue weighted by molar-refractivity contribution is 0.181. The van der Waals surface area contributed by atoms with Gasteiger partial charge in [-0.15, -0.1) is 24.0 Å². The highest BCUT2D eigenvalue weighted by Crippen LogP contribution is 2.28. The molecule has 0 aromatic carbocycles. The molecule has 3 unspecified atom stereocenters. The predicted molar refractivity (Wildman–Crippen MR) is 106 cm³/mol. The molecular weight excluding hydrogens is 387 g/mol. The second kappa shape index (κ2) is 10.7. The maximum absolute atomic E-state index is 4.70. The van der Waals surface area contributed by atoms with Crippen LogP contribution in [-0.4, -0.2) is 49.6 Å². The summed E-state index contributed by atoms with van der Waals surface area (Å²) in [5.74, 6) is 2.72. The van der Waals surface area contributed by atoms with Crippen molar-refractivity contribution in [1.29, 1.82) is 0 Å². The van der Waals surface area contributed by atoms with Crippen molar-refractivity contribution >= 4 is 29.9 Å². The van der Waals surface area contributed by atoms with Crippen LogP contribution in [0.2, 0.25) is 0 Å². The number of piperidine rings is 1. The second-order valence-electron chi connectivity index (χ2n) is 6.98. The zero-order chi connectivity index (χ0) is 15.1. The van der Waals surface area contributed by atoms with Gasteiger partial charge in [-0.25, -0.2) is 0 Å². The first-order valence-corrected chi connectivity index (χ1v) is 8.96. The molecule has 2 fully saturated rings. The number of hydrogen-bond donors (Lipinski definition) is 2. The maximum Gasteiger partial charge on any atom is 0.191 e. The molecule has 0 amide bonds. The lowest BCUT2D eigenvalue weighted by atomic mass is 10.0. The molecule has 5 heteroatoms. The number of nitrogens with one attached hydrogen (secondary N) is 2. The van der Waals surface area contributed by atoms with E-state index in [4.69, 9.17) is 4.99 Å². The van der Waals surface area contributed by atoms with Gasteiger partial charge < -0.3 is 15.5 Å². The Labute approximate surface area is 153 Å². The van der Waals surface area contributed by atoms with Crippen molar-refractivity contribution in [1.82, 2.24) is 15.5 Å². The molecule has 0 spiro atoms. The van der Waals surface area contributed by atoms with Crippen molar-refractivity contribution in [2.45, 2.75) is 58.9 Å². The number of guanidine groups is 1. The average molecular weight is 422 g/mol. The number of rotatable bonds is 7. The fourth-order valence-corrected chi connectivity index (χ4v) is 3.15. The van der Waals surface area contributed by atoms with Gasteiger partial charge in [0.2, 0.25) is 0 Å². The first kappa shape index (κ1) is 20.0. The zero-order valence-corrected chi connectivity index (χ0v) is 16.9. The minimum absolute atomic E-state index is 0. The van der Waals surface area contributed by atoms with Crippen molar-refractivity contribution in [2.24, 2.45) is 16.8 Å². The molecule has 2 aliphatic rings. The molecule has 1 saturated heterocycles. The van der Waals surface area contributed by atoms with E-state index in [1.165, 1.54) is 51.7 Å². The van der Waals surface area contributed by atoms with Crippen molar-refractivity contribution in [3.05, 3.63) is 0 Å². The minimum Gasteiger partial charge on any atom is -0.357 e. The fourth-order valence-electron chi connectivity index (χ4n) is 3.15. The Morgan fingerprint density at radius 1 is 1.27 bits per heavy atom. The second-order valence-corrected chi connectivity index (χ2v) is 6.98. The van der Waals surface area contributed by atoms with E-state index < -0.39 is 0 Å². The van der Waals surface area contributed by atoms with Gasteiger partial charge in [-0.3, -0.25) is 4.99 Å². The van der Waals surface area contributed by atoms with Crippen LogP contribution in [0.4, 0.5) is 0 Å². The Kier molecular flexibility index (Phi) is 9.71. The van der Waals surface area contributed by atoms with Crippen LogP contribution in [0.1, 0.15) is 52.9 Å². The first-order valence-electron chi connectivity index (χ1n) is 8.96. The summed E-state index contributed by atoms with van der Waals surface area (Å²) in [4.78, 5) is 7.33. The molecule has 1 heterocycles. The highest BCUT2D eigenvalue weighted by Gasteiger charge is 2.33. The lowest BCUT2D eigenvalue weighted by Gasteiger charge is -2.30. The summed E-state index contributed by atoms with van der Waals surface area (Å²) in [5, 5.41) is 6.87. The van der Waals surface area contributed by atoms with Crippen LogP contribution < -0.4 is 10.6 Å². The molecule has 3 atom stereocenters. The average Bonchev–Trinajstić information content (AvgIpc) is 3.14. The Bertz CT molecular complexity index is 335. The van der Waals surface area contributed by atoms with Crippen LogP contribution in [0.3, 0.4) is 0 Å². The summed E-state index contributed by atoms with van der Waals surface area (Å²) in [6.45, 7) is 12.5. The van der Waals surface area contributed by atoms with E-state index in [-0.39, 0.29) is 24.0 Å². The van der Waals surface area contributed by atoms with Gasteiger partial charge in [0.05, 0.1) is 0 Å². The number of halogens is 1. The van der Waals surface area contributed by atoms with E-state index in [1.807, 2.05) is 0 Å². The monoisotopic (exact) mass is 422 g/mol. The van der Waals surface area contributed by atoms with Crippen LogP contribution in [0.5, 0.6) is 0 Å². The van der Waals surface area contributed by atoms with Gasteiger partial charge in [0, 0.05) is 25.7 Å². The van der Waals surface area contributed by atoms with Gasteiger partial charge in [-0.1, -0.05) is 13.8 Å². The molecule has 2 rings (SSSR count). The van der Waals surface area contributed by atoms with Gasteiger partial charge >= 0.3 is 0 Å². The molecule has 0 radical (unpaired) electrons. The van der Waals surface area contributed by atoms with Crippen LogP contribution in [0, 0.1) is 11.8 Å². The summed E-state index contributed by atoms with van der Waals surface area (Å²) in [5.41, 5.74) is 0. The van der Waals surface area contributed by atoms with Crippen molar-refractivity contribution in [3.63, 3.8) is 0 Å². The van der Waals surface area contributed by atoms with Crippen molar-refractivity contribution in [2.75, 3.05) is 32.7 Å². The van der Waals surface area contributed by atoms with Crippen molar-refractivity contribution < 1.29 is 0 Å². The minimum atomic E-state index is 0. The number of aliphatic imine (C=N–C) groups is 1. The zero-order valence-electron chi connectivity index (χ0n) is 14.6. The highest BCUT2D eigenvalue weighted by molar-refractivity contribution is 14.0. The van der Waals surface area contributed by atoms with Gasteiger partial charge in [0.15, 0.2) is 5.96 Å². The standard InChI is InChI=1S/C17H34N4.HI/c1-4-18-17(20-16-12-15(16)3)19-9-5-6-10-21-11-7-8-14(2)13-21;/h14-16H,4-13H2,1-3H3,(H2,18,19,20);1H. The quantitative estimate of drug-likeness (QED) is 0.287. The summed E-state index contributed by atoms with van der Waals surface area (Å²) < 4.78 is 0. The molecule has 2 N–H and O–H groups in total. The third-order valence-corrected chi connectivity index (χ3v) is 4.67. The molecule has 130 valence electrons. The summed E-state index contributed by atoms with van der Waals surface area (Å²) in [6, 6.07) is 0.651. The van der Waals surface area contributed by atoms with Crippen LogP contribution in [0.15, 0.2) is 4.99 Å². The topological polar surface area (TPSA) is 39.7 Å². The van der Waals surface area contributed by atoms with Crippen LogP contribution >= 0.6 is 24.0 Å². The van der Waals surface area contributed by atoms with E-state index in [1.54, 1.807) is 0 Å². The highest BCUT2D eigenvalue weighted by atomic mass is 127. The Morgan fingerprint density at radius 3 is 2.68 bits per heavy atom. The van der Waals surface area contributed by atoms with Crippen LogP contribution in [-0.2, 0) is 0 Å². The lowest BCUT2D eigenvalue weighted by Crippen LogP contribution is -2.39. The van der Waals surface area contributed by atoms with E-state index in [9.17, 15) is 0 Å². The molecular formula is C17H35IN4. The molecule has 1 aliphatic carbocycles. The molecule has 1 saturated carbocycles. The fraction of sp³-hybridized carbons (Fsp3) is 0.941. The Balaban J connectivity index is 0.00000242. The number of unbranched alkanes of at least 4 members (excludes halogenated alkanes) is 1. The Morgan fingerprint density at radius 2 is 2.05 bits per heavy atom. The molecule has 0 bridgehead atoms. The third kappa shape index (κ3) is 7.49. The summed E-state index contributed by atoms with van der Waals surface area (Å²) in [6.07, 6.45) is 6.56. The summed E-state index contributed by atoms with van der Waals surface area (Å²) >= 11 is 0. The van der Waals surface area contributed by atoms with E-state index >= 15 is 0 Å². The van der Waals surface area contributed by atoms with E-state index in [2.05, 4.69) is 36.3 Å². The predicted octanol–water partition coefficient (Wildman–Crippen LogP) is 3.08. The SMILES string of the molecule is CCNC(=NCCCCN1CCCC(C)C1)NC1CC1C.I. The van der Waals surface area contributed by atoms with E-state index in [0.29, 0.717) is 6.04 Å². The largest absolute Gasteiger partial charge is 0.357 e. The van der Waals surface area contributed by atoms with Crippen LogP contribution in [0.25, 0.3) is 0 Å². The maximum atomic E-state index is 4.70. The number of likely N-dealkylation sites (tertiary alicyclic amines) is 1. The number of hydrogen-bond acceptors (Lipinski definition) is 2. The molecule has 4 nitrogen and oxygen atoms in total. The first-order chi connectivity index (χ1) is 10.2. The molecule has 22 heavy (non-hydrogen) atoms. The van der Waals surface area contributed by atoms with E-state index in [0.717, 1.165) is 30.9 Å². The van der Waals surface area contributed by atoms with Gasteiger partial charge in [-0.2, -0.15) is 0 Å². The number of nitrogens with zero attached hydrogens (tertiary/aromatic N) is 2. The van der Waals surface area contributed by atoms with Gasteiger partial charge in [0.1, 0.15) is 0 Å². The molecule has 1 aliphatic heterocycles. The Hall–Kier alpha value is -0.0400. The normalized spacial score (nSPS) is 28.9. The summed E-state index contributed by atoms with van der Waals surface area (Å²) in [7, 11) is 0.